The summed E-state index contributed by atoms with van der Waals surface area (Å²) in [4.78, 5) is 32.8. The van der Waals surface area contributed by atoms with Gasteiger partial charge in [-0.3, -0.25) is 18.9 Å². The van der Waals surface area contributed by atoms with Crippen LogP contribution < -0.4 is 16.1 Å². The summed E-state index contributed by atoms with van der Waals surface area (Å²) in [5.41, 5.74) is 4.96. The lowest BCUT2D eigenvalue weighted by Gasteiger charge is -2.17. The Balaban J connectivity index is 1.50. The summed E-state index contributed by atoms with van der Waals surface area (Å²) < 4.78 is 26.5. The topological polar surface area (TPSA) is 103 Å². The van der Waals surface area contributed by atoms with E-state index in [0.29, 0.717) is 35.7 Å². The summed E-state index contributed by atoms with van der Waals surface area (Å²) in [5, 5.41) is 3.83. The molecule has 210 valence electrons. The van der Waals surface area contributed by atoms with Gasteiger partial charge in [0.15, 0.2) is 17.4 Å². The zero-order valence-electron chi connectivity index (χ0n) is 23.4. The van der Waals surface area contributed by atoms with Crippen LogP contribution in [0.5, 0.6) is 5.75 Å². The summed E-state index contributed by atoms with van der Waals surface area (Å²) >= 11 is 0. The van der Waals surface area contributed by atoms with Gasteiger partial charge in [0.25, 0.3) is 5.56 Å². The number of hydrogen-bond acceptors (Lipinski definition) is 6. The molecule has 0 radical (unpaired) electrons. The first-order chi connectivity index (χ1) is 19.7. The predicted molar refractivity (Wildman–Crippen MR) is 155 cm³/mol. The van der Waals surface area contributed by atoms with Gasteiger partial charge in [-0.25, -0.2) is 14.2 Å². The number of nitrogens with one attached hydrogen (secondary N) is 1. The maximum atomic E-state index is 14.8. The molecule has 9 heteroatoms. The number of H-pyrrole nitrogens is 1. The second kappa shape index (κ2) is 11.8. The molecule has 0 aliphatic rings. The van der Waals surface area contributed by atoms with Crippen LogP contribution in [0, 0.1) is 12.7 Å². The van der Waals surface area contributed by atoms with Crippen LogP contribution in [-0.2, 0) is 12.8 Å². The van der Waals surface area contributed by atoms with Gasteiger partial charge in [-0.15, -0.1) is 0 Å². The summed E-state index contributed by atoms with van der Waals surface area (Å²) in [6.07, 6.45) is 1.69. The molecule has 0 bridgehead atoms. The van der Waals surface area contributed by atoms with Crippen molar-refractivity contribution in [3.05, 3.63) is 116 Å². The Labute approximate surface area is 236 Å². The Bertz CT molecular complexity index is 1800. The first-order valence-electron chi connectivity index (χ1n) is 13.6. The molecule has 0 amide bonds. The Kier molecular flexibility index (Phi) is 7.96. The number of rotatable bonds is 9. The molecule has 0 fully saturated rings. The number of ether oxygens (including phenoxy) is 1. The molecule has 41 heavy (non-hydrogen) atoms. The van der Waals surface area contributed by atoms with E-state index >= 15 is 0 Å². The van der Waals surface area contributed by atoms with Crippen LogP contribution in [0.25, 0.3) is 28.2 Å². The third-order valence-corrected chi connectivity index (χ3v) is 6.72. The number of aryl methyl sites for hydroxylation is 2. The number of hydrogen-bond donors (Lipinski definition) is 1. The van der Waals surface area contributed by atoms with Crippen LogP contribution in [0.3, 0.4) is 0 Å². The highest BCUT2D eigenvalue weighted by Gasteiger charge is 2.18. The number of benzene rings is 3. The maximum Gasteiger partial charge on any atom is 0.439 e. The van der Waals surface area contributed by atoms with Crippen molar-refractivity contribution in [2.75, 3.05) is 0 Å². The van der Waals surface area contributed by atoms with E-state index in [-0.39, 0.29) is 17.4 Å². The zero-order valence-corrected chi connectivity index (χ0v) is 23.4. The van der Waals surface area contributed by atoms with Gasteiger partial charge in [0.2, 0.25) is 0 Å². The summed E-state index contributed by atoms with van der Waals surface area (Å²) in [7, 11) is 0. The van der Waals surface area contributed by atoms with Crippen LogP contribution in [0.4, 0.5) is 4.39 Å². The van der Waals surface area contributed by atoms with Crippen molar-refractivity contribution in [2.24, 2.45) is 0 Å². The van der Waals surface area contributed by atoms with Crippen molar-refractivity contribution in [3.8, 4) is 34.0 Å². The molecule has 0 aliphatic heterocycles. The lowest BCUT2D eigenvalue weighted by Crippen LogP contribution is -2.28. The standard InChI is InChI=1S/C32H31FN4O4/c1-5-8-28-26(31(38)37(20(4)34-28)23-15-16-29(27(33)18-23)40-19(2)3)17-21-11-13-22(14-12-21)24-9-6-7-10-25(24)30-35-32(39)41-36-30/h6-7,9-16,18-19H,5,8,17H2,1-4H3,(H,35,36,39). The van der Waals surface area contributed by atoms with Gasteiger partial charge in [0.05, 0.1) is 17.5 Å². The fourth-order valence-corrected chi connectivity index (χ4v) is 4.92. The fourth-order valence-electron chi connectivity index (χ4n) is 4.92. The van der Waals surface area contributed by atoms with Crippen molar-refractivity contribution < 1.29 is 13.7 Å². The normalized spacial score (nSPS) is 11.3. The lowest BCUT2D eigenvalue weighted by molar-refractivity contribution is 0.231. The van der Waals surface area contributed by atoms with Gasteiger partial charge < -0.3 is 4.74 Å². The van der Waals surface area contributed by atoms with Crippen LogP contribution >= 0.6 is 0 Å². The molecular formula is C32H31FN4O4. The van der Waals surface area contributed by atoms with Crippen LogP contribution in [-0.4, -0.2) is 25.8 Å². The van der Waals surface area contributed by atoms with Crippen molar-refractivity contribution >= 4 is 0 Å². The summed E-state index contributed by atoms with van der Waals surface area (Å²) in [6, 6.07) is 20.0. The van der Waals surface area contributed by atoms with E-state index in [4.69, 9.17) is 9.72 Å². The van der Waals surface area contributed by atoms with Crippen LogP contribution in [0.2, 0.25) is 0 Å². The quantitative estimate of drug-likeness (QED) is 0.239. The number of aromatic amines is 1. The largest absolute Gasteiger partial charge is 0.488 e. The van der Waals surface area contributed by atoms with E-state index in [1.807, 2.05) is 69.3 Å². The minimum Gasteiger partial charge on any atom is -0.488 e. The van der Waals surface area contributed by atoms with Gasteiger partial charge in [-0.2, -0.15) is 0 Å². The Hall–Kier alpha value is -4.79. The average Bonchev–Trinajstić information content (AvgIpc) is 3.38. The molecule has 0 saturated carbocycles. The van der Waals surface area contributed by atoms with Gasteiger partial charge in [0, 0.05) is 23.6 Å². The summed E-state index contributed by atoms with van der Waals surface area (Å²) in [5.74, 6) is -0.163. The van der Waals surface area contributed by atoms with Gasteiger partial charge in [-0.05, 0) is 56.0 Å². The highest BCUT2D eigenvalue weighted by atomic mass is 19.1. The molecule has 5 aromatic rings. The number of nitrogens with zero attached hydrogens (tertiary/aromatic N) is 3. The molecule has 2 heterocycles. The smallest absolute Gasteiger partial charge is 0.439 e. The van der Waals surface area contributed by atoms with Gasteiger partial charge >= 0.3 is 5.76 Å². The molecular weight excluding hydrogens is 523 g/mol. The lowest BCUT2D eigenvalue weighted by atomic mass is 9.96. The van der Waals surface area contributed by atoms with Crippen molar-refractivity contribution in [1.29, 1.82) is 0 Å². The third-order valence-electron chi connectivity index (χ3n) is 6.72. The molecule has 1 N–H and O–H groups in total. The minimum atomic E-state index is -0.618. The monoisotopic (exact) mass is 554 g/mol. The van der Waals surface area contributed by atoms with Gasteiger partial charge in [-0.1, -0.05) is 67.0 Å². The average molecular weight is 555 g/mol. The molecule has 0 saturated heterocycles. The molecule has 3 aromatic carbocycles. The highest BCUT2D eigenvalue weighted by Crippen LogP contribution is 2.30. The molecule has 0 aliphatic carbocycles. The van der Waals surface area contributed by atoms with Crippen molar-refractivity contribution in [1.82, 2.24) is 19.7 Å². The minimum absolute atomic E-state index is 0.141. The molecule has 8 nitrogen and oxygen atoms in total. The van der Waals surface area contributed by atoms with Gasteiger partial charge in [0.1, 0.15) is 5.82 Å². The number of halogens is 1. The third kappa shape index (κ3) is 5.89. The summed E-state index contributed by atoms with van der Waals surface area (Å²) in [6.45, 7) is 7.46. The highest BCUT2D eigenvalue weighted by molar-refractivity contribution is 5.80. The van der Waals surface area contributed by atoms with Crippen LogP contribution in [0.15, 0.2) is 80.8 Å². The molecule has 0 unspecified atom stereocenters. The molecule has 2 aromatic heterocycles. The molecule has 0 spiro atoms. The molecule has 5 rings (SSSR count). The predicted octanol–water partition coefficient (Wildman–Crippen LogP) is 6.02. The Morgan fingerprint density at radius 3 is 2.39 bits per heavy atom. The zero-order chi connectivity index (χ0) is 29.1. The van der Waals surface area contributed by atoms with E-state index in [9.17, 15) is 14.0 Å². The van der Waals surface area contributed by atoms with Crippen LogP contribution in [0.1, 0.15) is 49.8 Å². The van der Waals surface area contributed by atoms with E-state index in [1.165, 1.54) is 10.6 Å². The Morgan fingerprint density at radius 1 is 1.02 bits per heavy atom. The van der Waals surface area contributed by atoms with E-state index in [1.54, 1.807) is 19.1 Å². The van der Waals surface area contributed by atoms with E-state index in [0.717, 1.165) is 34.4 Å². The van der Waals surface area contributed by atoms with E-state index in [2.05, 4.69) is 14.7 Å². The Morgan fingerprint density at radius 2 is 1.76 bits per heavy atom. The van der Waals surface area contributed by atoms with Crippen molar-refractivity contribution in [3.63, 3.8) is 0 Å². The number of aromatic nitrogens is 4. The maximum absolute atomic E-state index is 14.8. The van der Waals surface area contributed by atoms with E-state index < -0.39 is 11.6 Å². The fraction of sp³-hybridized carbons (Fsp3) is 0.250. The van der Waals surface area contributed by atoms with Crippen molar-refractivity contribution in [2.45, 2.75) is 53.1 Å². The second-order valence-corrected chi connectivity index (χ2v) is 10.1. The first kappa shape index (κ1) is 27.8. The SMILES string of the molecule is CCCc1nc(C)n(-c2ccc(OC(C)C)c(F)c2)c(=O)c1Cc1ccc(-c2ccccc2-c2noc(=O)[nH]2)cc1. The first-order valence-corrected chi connectivity index (χ1v) is 13.6. The second-order valence-electron chi connectivity index (χ2n) is 10.1. The molecule has 0 atom stereocenters.